The molecule has 4 heterocycles. The Morgan fingerprint density at radius 2 is 1.81 bits per heavy atom. The third kappa shape index (κ3) is 4.77. The van der Waals surface area contributed by atoms with E-state index in [-0.39, 0.29) is 6.10 Å². The van der Waals surface area contributed by atoms with E-state index in [4.69, 9.17) is 9.72 Å². The molecule has 2 N–H and O–H groups in total. The molecule has 0 atom stereocenters. The normalized spacial score (nSPS) is 14.2. The smallest absolute Gasteiger partial charge is 0.211 e. The van der Waals surface area contributed by atoms with E-state index in [1.165, 1.54) is 25.7 Å². The van der Waals surface area contributed by atoms with Crippen LogP contribution in [0.1, 0.15) is 50.5 Å². The molecule has 0 unspecified atom stereocenters. The largest absolute Gasteiger partial charge is 0.489 e. The van der Waals surface area contributed by atoms with E-state index < -0.39 is 0 Å². The summed E-state index contributed by atoms with van der Waals surface area (Å²) in [6.45, 7) is 3.98. The average molecular weight is 448 g/mol. The number of pyridine rings is 3. The van der Waals surface area contributed by atoms with E-state index >= 15 is 0 Å². The Balaban J connectivity index is 1.33. The van der Waals surface area contributed by atoms with Crippen molar-refractivity contribution in [2.75, 3.05) is 10.6 Å². The van der Waals surface area contributed by atoms with Gasteiger partial charge in [-0.3, -0.25) is 9.97 Å². The third-order valence-electron chi connectivity index (χ3n) is 5.29. The van der Waals surface area contributed by atoms with Crippen LogP contribution < -0.4 is 15.4 Å². The van der Waals surface area contributed by atoms with E-state index in [2.05, 4.69) is 30.8 Å². The summed E-state index contributed by atoms with van der Waals surface area (Å²) in [6, 6.07) is 7.75. The Kier molecular flexibility index (Phi) is 5.81. The lowest BCUT2D eigenvalue weighted by molar-refractivity contribution is 0.241. The molecule has 4 aromatic rings. The Morgan fingerprint density at radius 3 is 2.66 bits per heavy atom. The number of hydrogen-bond acceptors (Lipinski definition) is 9. The predicted octanol–water partition coefficient (Wildman–Crippen LogP) is 5.81. The number of aromatic nitrogens is 5. The molecule has 9 heteroatoms. The van der Waals surface area contributed by atoms with Gasteiger partial charge in [-0.15, -0.1) is 10.2 Å². The molecule has 8 nitrogen and oxygen atoms in total. The molecule has 5 rings (SSSR count). The van der Waals surface area contributed by atoms with Gasteiger partial charge < -0.3 is 15.4 Å². The van der Waals surface area contributed by atoms with Crippen molar-refractivity contribution in [1.29, 1.82) is 0 Å². The van der Waals surface area contributed by atoms with Gasteiger partial charge in [-0.2, -0.15) is 0 Å². The quantitative estimate of drug-likeness (QED) is 0.366. The number of nitrogens with one attached hydrogen (secondary N) is 2. The topological polar surface area (TPSA) is 97.7 Å². The van der Waals surface area contributed by atoms with E-state index in [0.717, 1.165) is 44.1 Å². The molecule has 0 radical (unpaired) electrons. The lowest BCUT2D eigenvalue weighted by Gasteiger charge is -2.11. The van der Waals surface area contributed by atoms with Crippen LogP contribution in [0.25, 0.3) is 11.0 Å². The van der Waals surface area contributed by atoms with Crippen LogP contribution in [0.4, 0.5) is 22.3 Å². The molecule has 1 fully saturated rings. The predicted molar refractivity (Wildman–Crippen MR) is 127 cm³/mol. The highest BCUT2D eigenvalue weighted by atomic mass is 32.1. The van der Waals surface area contributed by atoms with Gasteiger partial charge in [-0.1, -0.05) is 24.2 Å². The van der Waals surface area contributed by atoms with Crippen LogP contribution in [0.15, 0.2) is 42.9 Å². The SMILES string of the molecule is CC(C)Oc1cncc(Nc2cnc3ccc(Nc4nnc(C5CCCC5)s4)nc3c2)c1. The van der Waals surface area contributed by atoms with Crippen LogP contribution in [0, 0.1) is 0 Å². The fraction of sp³-hybridized carbons (Fsp3) is 0.348. The molecule has 32 heavy (non-hydrogen) atoms. The van der Waals surface area contributed by atoms with E-state index in [9.17, 15) is 0 Å². The summed E-state index contributed by atoms with van der Waals surface area (Å²) in [7, 11) is 0. The lowest BCUT2D eigenvalue weighted by Crippen LogP contribution is -2.06. The van der Waals surface area contributed by atoms with Gasteiger partial charge in [0.15, 0.2) is 0 Å². The van der Waals surface area contributed by atoms with Crippen LogP contribution in [0.2, 0.25) is 0 Å². The Bertz CT molecular complexity index is 1220. The average Bonchev–Trinajstić information content (AvgIpc) is 3.45. The Hall–Kier alpha value is -3.33. The highest BCUT2D eigenvalue weighted by Crippen LogP contribution is 2.37. The van der Waals surface area contributed by atoms with Crippen molar-refractivity contribution in [3.63, 3.8) is 0 Å². The molecule has 1 aliphatic rings. The second-order valence-corrected chi connectivity index (χ2v) is 9.22. The van der Waals surface area contributed by atoms with Gasteiger partial charge in [-0.05, 0) is 44.9 Å². The van der Waals surface area contributed by atoms with E-state index in [1.54, 1.807) is 29.9 Å². The highest BCUT2D eigenvalue weighted by molar-refractivity contribution is 7.15. The van der Waals surface area contributed by atoms with Crippen LogP contribution in [0.5, 0.6) is 5.75 Å². The summed E-state index contributed by atoms with van der Waals surface area (Å²) in [5.41, 5.74) is 3.25. The molecule has 1 aliphatic carbocycles. The number of fused-ring (bicyclic) bond motifs is 1. The molecule has 0 bridgehead atoms. The molecular weight excluding hydrogens is 422 g/mol. The van der Waals surface area contributed by atoms with Crippen molar-refractivity contribution in [2.24, 2.45) is 0 Å². The van der Waals surface area contributed by atoms with Crippen LogP contribution in [-0.2, 0) is 0 Å². The number of hydrogen-bond donors (Lipinski definition) is 2. The standard InChI is InChI=1S/C23H25N7OS/c1-14(2)31-18-9-16(11-24-13-18)26-17-10-20-19(25-12-17)7-8-21(27-20)28-23-30-29-22(32-23)15-5-3-4-6-15/h7-15,26H,3-6H2,1-2H3,(H,27,28,30). The van der Waals surface area contributed by atoms with Gasteiger partial charge in [0, 0.05) is 12.0 Å². The third-order valence-corrected chi connectivity index (χ3v) is 6.29. The van der Waals surface area contributed by atoms with Crippen LogP contribution in [0.3, 0.4) is 0 Å². The zero-order chi connectivity index (χ0) is 21.9. The summed E-state index contributed by atoms with van der Waals surface area (Å²) in [5, 5.41) is 17.2. The minimum Gasteiger partial charge on any atom is -0.489 e. The first-order chi connectivity index (χ1) is 15.6. The van der Waals surface area contributed by atoms with Crippen LogP contribution in [-0.4, -0.2) is 31.3 Å². The summed E-state index contributed by atoms with van der Waals surface area (Å²) < 4.78 is 5.72. The lowest BCUT2D eigenvalue weighted by atomic mass is 10.1. The van der Waals surface area contributed by atoms with Crippen molar-refractivity contribution in [3.05, 3.63) is 47.9 Å². The van der Waals surface area contributed by atoms with Gasteiger partial charge in [0.25, 0.3) is 0 Å². The zero-order valence-corrected chi connectivity index (χ0v) is 18.9. The van der Waals surface area contributed by atoms with E-state index in [0.29, 0.717) is 5.92 Å². The fourth-order valence-corrected chi connectivity index (χ4v) is 4.79. The van der Waals surface area contributed by atoms with Gasteiger partial charge in [-0.25, -0.2) is 4.98 Å². The molecule has 4 aromatic heterocycles. The van der Waals surface area contributed by atoms with Gasteiger partial charge in [0.2, 0.25) is 5.13 Å². The van der Waals surface area contributed by atoms with Crippen molar-refractivity contribution in [1.82, 2.24) is 25.1 Å². The Labute approximate surface area is 190 Å². The number of ether oxygens (including phenoxy) is 1. The van der Waals surface area contributed by atoms with E-state index in [1.807, 2.05) is 38.1 Å². The highest BCUT2D eigenvalue weighted by Gasteiger charge is 2.21. The second-order valence-electron chi connectivity index (χ2n) is 8.21. The molecule has 0 aliphatic heterocycles. The molecular formula is C23H25N7OS. The maximum absolute atomic E-state index is 5.72. The maximum Gasteiger partial charge on any atom is 0.211 e. The number of rotatable bonds is 7. The summed E-state index contributed by atoms with van der Waals surface area (Å²) >= 11 is 1.62. The first-order valence-corrected chi connectivity index (χ1v) is 11.7. The number of nitrogens with zero attached hydrogens (tertiary/aromatic N) is 5. The molecule has 1 saturated carbocycles. The molecule has 0 aromatic carbocycles. The van der Waals surface area contributed by atoms with Crippen molar-refractivity contribution < 1.29 is 4.74 Å². The molecule has 0 saturated heterocycles. The molecule has 0 spiro atoms. The van der Waals surface area contributed by atoms with Gasteiger partial charge in [0.1, 0.15) is 16.6 Å². The van der Waals surface area contributed by atoms with Gasteiger partial charge >= 0.3 is 0 Å². The fourth-order valence-electron chi connectivity index (χ4n) is 3.87. The first-order valence-electron chi connectivity index (χ1n) is 10.9. The van der Waals surface area contributed by atoms with Crippen molar-refractivity contribution >= 4 is 44.7 Å². The molecule has 0 amide bonds. The zero-order valence-electron chi connectivity index (χ0n) is 18.1. The number of anilines is 4. The summed E-state index contributed by atoms with van der Waals surface area (Å²) in [5.74, 6) is 2.00. The van der Waals surface area contributed by atoms with Gasteiger partial charge in [0.05, 0.1) is 47.1 Å². The minimum absolute atomic E-state index is 0.0896. The minimum atomic E-state index is 0.0896. The second kappa shape index (κ2) is 9.04. The maximum atomic E-state index is 5.72. The Morgan fingerprint density at radius 1 is 0.969 bits per heavy atom. The summed E-state index contributed by atoms with van der Waals surface area (Å²) in [6.07, 6.45) is 10.3. The summed E-state index contributed by atoms with van der Waals surface area (Å²) in [4.78, 5) is 13.5. The monoisotopic (exact) mass is 447 g/mol. The molecule has 164 valence electrons. The first kappa shape index (κ1) is 20.6. The van der Waals surface area contributed by atoms with Crippen molar-refractivity contribution in [2.45, 2.75) is 51.6 Å². The van der Waals surface area contributed by atoms with Crippen molar-refractivity contribution in [3.8, 4) is 5.75 Å². The van der Waals surface area contributed by atoms with Crippen LogP contribution >= 0.6 is 11.3 Å².